The van der Waals surface area contributed by atoms with Crippen LogP contribution in [0.25, 0.3) is 0 Å². The number of methoxy groups -OCH3 is 1. The molecule has 0 amide bonds. The zero-order valence-electron chi connectivity index (χ0n) is 7.23. The molecule has 6 heteroatoms. The summed E-state index contributed by atoms with van der Waals surface area (Å²) < 4.78 is 30.4. The number of nitrogens with zero attached hydrogens (tertiary/aromatic N) is 1. The summed E-state index contributed by atoms with van der Waals surface area (Å²) in [6.45, 7) is 0. The molecule has 1 aromatic rings. The zero-order valence-corrected chi connectivity index (χ0v) is 10.4. The average molecular weight is 331 g/mol. The van der Waals surface area contributed by atoms with E-state index in [0.29, 0.717) is 11.0 Å². The molecule has 0 aliphatic heterocycles. The highest BCUT2D eigenvalue weighted by atomic mass is 79.9. The van der Waals surface area contributed by atoms with Gasteiger partial charge in [-0.1, -0.05) is 15.9 Å². The molecule has 0 atom stereocenters. The second-order valence-corrected chi connectivity index (χ2v) is 3.85. The van der Waals surface area contributed by atoms with Crippen LogP contribution in [0.2, 0.25) is 0 Å². The first kappa shape index (κ1) is 11.8. The number of alkyl halides is 3. The Labute approximate surface area is 96.9 Å². The van der Waals surface area contributed by atoms with E-state index in [1.807, 2.05) is 0 Å². The van der Waals surface area contributed by atoms with Crippen LogP contribution in [0.3, 0.4) is 0 Å². The van der Waals surface area contributed by atoms with Crippen LogP contribution in [0.1, 0.15) is 17.7 Å². The van der Waals surface area contributed by atoms with Crippen molar-refractivity contribution in [2.75, 3.05) is 7.11 Å². The molecule has 2 nitrogen and oxygen atoms in total. The summed E-state index contributed by atoms with van der Waals surface area (Å²) in [6.07, 6.45) is -1.24. The molecule has 14 heavy (non-hydrogen) atoms. The highest BCUT2D eigenvalue weighted by Gasteiger charge is 2.21. The fraction of sp³-hybridized carbons (Fsp3) is 0.375. The van der Waals surface area contributed by atoms with Crippen molar-refractivity contribution in [2.24, 2.45) is 0 Å². The van der Waals surface area contributed by atoms with E-state index in [1.165, 1.54) is 13.3 Å². The first-order chi connectivity index (χ1) is 6.61. The van der Waals surface area contributed by atoms with Gasteiger partial charge in [0.15, 0.2) is 5.75 Å². The first-order valence-corrected chi connectivity index (χ1v) is 5.58. The van der Waals surface area contributed by atoms with Crippen molar-refractivity contribution in [3.05, 3.63) is 21.9 Å². The van der Waals surface area contributed by atoms with Gasteiger partial charge in [-0.05, 0) is 15.9 Å². The summed E-state index contributed by atoms with van der Waals surface area (Å²) in [4.78, 5) is 3.96. The smallest absolute Gasteiger partial charge is 0.268 e. The van der Waals surface area contributed by atoms with Gasteiger partial charge in [0.25, 0.3) is 6.43 Å². The fourth-order valence-electron chi connectivity index (χ4n) is 1.05. The maximum Gasteiger partial charge on any atom is 0.268 e. The van der Waals surface area contributed by atoms with Crippen LogP contribution in [-0.4, -0.2) is 12.1 Å². The maximum atomic E-state index is 12.6. The Morgan fingerprint density at radius 2 is 2.21 bits per heavy atom. The Kier molecular flexibility index (Phi) is 4.25. The van der Waals surface area contributed by atoms with Crippen molar-refractivity contribution in [1.82, 2.24) is 4.98 Å². The number of ether oxygens (including phenoxy) is 1. The first-order valence-electron chi connectivity index (χ1n) is 3.67. The topological polar surface area (TPSA) is 22.1 Å². The molecule has 0 spiro atoms. The van der Waals surface area contributed by atoms with Crippen molar-refractivity contribution in [2.45, 2.75) is 11.8 Å². The summed E-state index contributed by atoms with van der Waals surface area (Å²) in [7, 11) is 1.35. The normalized spacial score (nSPS) is 10.7. The zero-order chi connectivity index (χ0) is 10.7. The van der Waals surface area contributed by atoms with Gasteiger partial charge in [-0.25, -0.2) is 8.78 Å². The number of hydrogen-bond acceptors (Lipinski definition) is 2. The quantitative estimate of drug-likeness (QED) is 0.789. The molecule has 1 aromatic heterocycles. The van der Waals surface area contributed by atoms with E-state index < -0.39 is 6.43 Å². The molecule has 0 saturated carbocycles. The van der Waals surface area contributed by atoms with Gasteiger partial charge in [-0.3, -0.25) is 4.98 Å². The molecule has 0 aliphatic rings. The summed E-state index contributed by atoms with van der Waals surface area (Å²) >= 11 is 6.17. The fourth-order valence-corrected chi connectivity index (χ4v) is 1.91. The third-order valence-electron chi connectivity index (χ3n) is 1.65. The maximum absolute atomic E-state index is 12.6. The van der Waals surface area contributed by atoms with Crippen molar-refractivity contribution < 1.29 is 13.5 Å². The standard InChI is InChI=1S/C8H7Br2F2NO/c1-14-7-5(2-9)13-3-4(10)6(7)8(11)12/h3,8H,2H2,1H3. The Balaban J connectivity index is 3.35. The van der Waals surface area contributed by atoms with Crippen LogP contribution in [-0.2, 0) is 5.33 Å². The Morgan fingerprint density at radius 1 is 1.57 bits per heavy atom. The number of halogens is 4. The van der Waals surface area contributed by atoms with E-state index in [4.69, 9.17) is 4.74 Å². The van der Waals surface area contributed by atoms with Gasteiger partial charge in [0.1, 0.15) is 0 Å². The third kappa shape index (κ3) is 2.23. The minimum absolute atomic E-state index is 0.131. The van der Waals surface area contributed by atoms with Crippen LogP contribution >= 0.6 is 31.9 Å². The predicted molar refractivity (Wildman–Crippen MR) is 56.1 cm³/mol. The van der Waals surface area contributed by atoms with Crippen LogP contribution in [0.5, 0.6) is 5.75 Å². The lowest BCUT2D eigenvalue weighted by molar-refractivity contribution is 0.145. The molecule has 0 saturated heterocycles. The largest absolute Gasteiger partial charge is 0.494 e. The highest BCUT2D eigenvalue weighted by Crippen LogP contribution is 2.37. The molecular weight excluding hydrogens is 324 g/mol. The second kappa shape index (κ2) is 5.02. The minimum atomic E-state index is -2.58. The average Bonchev–Trinajstić information content (AvgIpc) is 2.16. The van der Waals surface area contributed by atoms with E-state index in [9.17, 15) is 8.78 Å². The minimum Gasteiger partial charge on any atom is -0.494 e. The molecule has 0 unspecified atom stereocenters. The lowest BCUT2D eigenvalue weighted by Crippen LogP contribution is -2.00. The Bertz CT molecular complexity index is 333. The van der Waals surface area contributed by atoms with Gasteiger partial charge in [0, 0.05) is 16.0 Å². The number of rotatable bonds is 3. The molecule has 0 N–H and O–H groups in total. The summed E-state index contributed by atoms with van der Waals surface area (Å²) in [6, 6.07) is 0. The highest BCUT2D eigenvalue weighted by molar-refractivity contribution is 9.10. The number of pyridine rings is 1. The van der Waals surface area contributed by atoms with E-state index >= 15 is 0 Å². The monoisotopic (exact) mass is 329 g/mol. The van der Waals surface area contributed by atoms with E-state index in [2.05, 4.69) is 36.8 Å². The molecule has 0 radical (unpaired) electrons. The molecule has 0 aliphatic carbocycles. The Hall–Kier alpha value is -0.230. The van der Waals surface area contributed by atoms with Gasteiger partial charge in [0.05, 0.1) is 18.4 Å². The summed E-state index contributed by atoms with van der Waals surface area (Å²) in [5.41, 5.74) is 0.308. The summed E-state index contributed by atoms with van der Waals surface area (Å²) in [5.74, 6) is 0.131. The van der Waals surface area contributed by atoms with Gasteiger partial charge < -0.3 is 4.74 Å². The van der Waals surface area contributed by atoms with E-state index in [0.717, 1.165) is 0 Å². The van der Waals surface area contributed by atoms with E-state index in [1.54, 1.807) is 0 Å². The molecule has 0 fully saturated rings. The molecule has 1 heterocycles. The second-order valence-electron chi connectivity index (χ2n) is 2.43. The van der Waals surface area contributed by atoms with Crippen molar-refractivity contribution in [3.8, 4) is 5.75 Å². The SMILES string of the molecule is COc1c(CBr)ncc(Br)c1C(F)F. The van der Waals surface area contributed by atoms with Crippen LogP contribution in [0, 0.1) is 0 Å². The van der Waals surface area contributed by atoms with E-state index in [-0.39, 0.29) is 15.8 Å². The van der Waals surface area contributed by atoms with Crippen molar-refractivity contribution in [3.63, 3.8) is 0 Å². The molecule has 0 aromatic carbocycles. The van der Waals surface area contributed by atoms with Gasteiger partial charge >= 0.3 is 0 Å². The lowest BCUT2D eigenvalue weighted by Gasteiger charge is -2.12. The van der Waals surface area contributed by atoms with Gasteiger partial charge in [0.2, 0.25) is 0 Å². The molecular formula is C8H7Br2F2NO. The Morgan fingerprint density at radius 3 is 2.64 bits per heavy atom. The number of hydrogen-bond donors (Lipinski definition) is 0. The molecule has 78 valence electrons. The van der Waals surface area contributed by atoms with Gasteiger partial charge in [-0.15, -0.1) is 0 Å². The van der Waals surface area contributed by atoms with Crippen molar-refractivity contribution >= 4 is 31.9 Å². The molecule has 1 rings (SSSR count). The molecule has 0 bridgehead atoms. The van der Waals surface area contributed by atoms with Crippen LogP contribution in [0.4, 0.5) is 8.78 Å². The van der Waals surface area contributed by atoms with Crippen molar-refractivity contribution in [1.29, 1.82) is 0 Å². The van der Waals surface area contributed by atoms with Crippen LogP contribution in [0.15, 0.2) is 10.7 Å². The summed E-state index contributed by atoms with van der Waals surface area (Å²) in [5, 5.41) is 0.378. The lowest BCUT2D eigenvalue weighted by atomic mass is 10.2. The van der Waals surface area contributed by atoms with Gasteiger partial charge in [-0.2, -0.15) is 0 Å². The third-order valence-corrected chi connectivity index (χ3v) is 2.81. The number of aromatic nitrogens is 1. The van der Waals surface area contributed by atoms with Crippen LogP contribution < -0.4 is 4.74 Å². The predicted octanol–water partition coefficient (Wildman–Crippen LogP) is 3.69.